The van der Waals surface area contributed by atoms with Gasteiger partial charge >= 0.3 is 0 Å². The van der Waals surface area contributed by atoms with Gasteiger partial charge in [0.2, 0.25) is 12.7 Å². The van der Waals surface area contributed by atoms with Gasteiger partial charge in [0.1, 0.15) is 37.9 Å². The van der Waals surface area contributed by atoms with E-state index in [2.05, 4.69) is 104 Å². The molecule has 8 heteroatoms. The van der Waals surface area contributed by atoms with Crippen LogP contribution in [0.2, 0.25) is 0 Å². The van der Waals surface area contributed by atoms with E-state index in [1.807, 2.05) is 24.3 Å². The quantitative estimate of drug-likeness (QED) is 0.0987. The largest absolute Gasteiger partial charge is 1.00 e. The summed E-state index contributed by atoms with van der Waals surface area (Å²) in [4.78, 5) is 0. The molecular formula is C32H44Br2N6. The summed E-state index contributed by atoms with van der Waals surface area (Å²) in [6.07, 6.45) is 23.4. The highest BCUT2D eigenvalue weighted by Gasteiger charge is 2.06. The average Bonchev–Trinajstić information content (AvgIpc) is 3.59. The summed E-state index contributed by atoms with van der Waals surface area (Å²) < 4.78 is 9.04. The third-order valence-electron chi connectivity index (χ3n) is 6.92. The standard InChI is InChI=1S/C32H44N6.2BrH/c1-3-5-7-9-19-35-21-23-37(27-35)25-29-11-15-31(16-12-29)33-34-32-17-13-30(14-18-32)26-38-24-22-36(28-38)20-10-8-6-4-2;;/h11-18,21-24,27-28H,3-10,19-20,25-26H2,1-2H3;2*1H/q+2;;/p-2. The molecule has 0 saturated carbocycles. The Kier molecular flexibility index (Phi) is 15.7. The number of imidazole rings is 2. The smallest absolute Gasteiger partial charge is 0.244 e. The number of azo groups is 1. The second kappa shape index (κ2) is 18.7. The maximum atomic E-state index is 4.44. The highest BCUT2D eigenvalue weighted by molar-refractivity contribution is 5.41. The fourth-order valence-corrected chi connectivity index (χ4v) is 4.64. The number of aryl methyl sites for hydroxylation is 2. The minimum Gasteiger partial charge on any atom is -1.00 e. The van der Waals surface area contributed by atoms with E-state index in [-0.39, 0.29) is 34.0 Å². The zero-order valence-electron chi connectivity index (χ0n) is 24.0. The van der Waals surface area contributed by atoms with Crippen LogP contribution in [-0.2, 0) is 26.2 Å². The molecule has 0 saturated heterocycles. The average molecular weight is 673 g/mol. The lowest BCUT2D eigenvalue weighted by Gasteiger charge is -2.00. The molecule has 0 aliphatic rings. The summed E-state index contributed by atoms with van der Waals surface area (Å²) in [7, 11) is 0. The van der Waals surface area contributed by atoms with Gasteiger partial charge < -0.3 is 34.0 Å². The van der Waals surface area contributed by atoms with Crippen molar-refractivity contribution in [1.82, 2.24) is 9.13 Å². The Bertz CT molecular complexity index is 1150. The number of hydrogen-bond acceptors (Lipinski definition) is 2. The van der Waals surface area contributed by atoms with Gasteiger partial charge in [0, 0.05) is 0 Å². The predicted octanol–water partition coefficient (Wildman–Crippen LogP) is 1.55. The fourth-order valence-electron chi connectivity index (χ4n) is 4.64. The van der Waals surface area contributed by atoms with Crippen LogP contribution in [0.5, 0.6) is 0 Å². The van der Waals surface area contributed by atoms with Crippen LogP contribution in [0.15, 0.2) is 96.2 Å². The molecule has 2 aromatic heterocycles. The Hall–Kier alpha value is -2.58. The van der Waals surface area contributed by atoms with Crippen molar-refractivity contribution in [3.05, 3.63) is 97.1 Å². The van der Waals surface area contributed by atoms with Crippen LogP contribution >= 0.6 is 0 Å². The Morgan fingerprint density at radius 3 is 1.32 bits per heavy atom. The molecule has 40 heavy (non-hydrogen) atoms. The highest BCUT2D eigenvalue weighted by atomic mass is 79.9. The number of halogens is 2. The molecule has 0 bridgehead atoms. The van der Waals surface area contributed by atoms with Crippen molar-refractivity contribution in [3.8, 4) is 0 Å². The molecule has 0 fully saturated rings. The zero-order valence-corrected chi connectivity index (χ0v) is 27.2. The molecule has 2 aromatic carbocycles. The van der Waals surface area contributed by atoms with E-state index >= 15 is 0 Å². The number of hydrogen-bond donors (Lipinski definition) is 0. The predicted molar refractivity (Wildman–Crippen MR) is 153 cm³/mol. The number of rotatable bonds is 16. The minimum atomic E-state index is 0. The topological polar surface area (TPSA) is 42.3 Å². The van der Waals surface area contributed by atoms with Crippen LogP contribution in [0, 0.1) is 0 Å². The van der Waals surface area contributed by atoms with Crippen molar-refractivity contribution in [2.24, 2.45) is 10.2 Å². The lowest BCUT2D eigenvalue weighted by atomic mass is 10.2. The van der Waals surface area contributed by atoms with E-state index in [9.17, 15) is 0 Å². The monoisotopic (exact) mass is 670 g/mol. The maximum absolute atomic E-state index is 4.44. The molecule has 0 atom stereocenters. The summed E-state index contributed by atoms with van der Waals surface area (Å²) in [5.74, 6) is 0. The molecule has 216 valence electrons. The Labute approximate surface area is 261 Å². The SMILES string of the molecule is CCCCCCn1cc[n+](Cc2ccc(N=Nc3ccc(C[n+]4ccn(CCCCCC)c4)cc3)cc2)c1.[Br-].[Br-]. The lowest BCUT2D eigenvalue weighted by molar-refractivity contribution is -0.688. The molecule has 0 radical (unpaired) electrons. The van der Waals surface area contributed by atoms with Crippen LogP contribution in [0.4, 0.5) is 11.4 Å². The molecule has 6 nitrogen and oxygen atoms in total. The molecule has 2 heterocycles. The highest BCUT2D eigenvalue weighted by Crippen LogP contribution is 2.19. The molecular weight excluding hydrogens is 628 g/mol. The van der Waals surface area contributed by atoms with Gasteiger partial charge in [-0.2, -0.15) is 10.2 Å². The van der Waals surface area contributed by atoms with Crippen molar-refractivity contribution >= 4 is 11.4 Å². The first kappa shape index (κ1) is 33.6. The van der Waals surface area contributed by atoms with Gasteiger partial charge in [-0.15, -0.1) is 0 Å². The van der Waals surface area contributed by atoms with Gasteiger partial charge in [0.05, 0.1) is 24.5 Å². The first-order chi connectivity index (χ1) is 18.7. The molecule has 0 spiro atoms. The maximum Gasteiger partial charge on any atom is 0.244 e. The van der Waals surface area contributed by atoms with Crippen LogP contribution in [-0.4, -0.2) is 9.13 Å². The molecule has 0 amide bonds. The molecule has 0 N–H and O–H groups in total. The second-order valence-electron chi connectivity index (χ2n) is 10.3. The van der Waals surface area contributed by atoms with E-state index in [1.54, 1.807) is 0 Å². The first-order valence-electron chi connectivity index (χ1n) is 14.4. The van der Waals surface area contributed by atoms with Crippen LogP contribution in [0.1, 0.15) is 76.3 Å². The summed E-state index contributed by atoms with van der Waals surface area (Å²) in [6.45, 7) is 8.42. The molecule has 0 aliphatic carbocycles. The van der Waals surface area contributed by atoms with E-state index in [0.717, 1.165) is 37.6 Å². The third kappa shape index (κ3) is 11.5. The Morgan fingerprint density at radius 1 is 0.550 bits per heavy atom. The molecule has 0 unspecified atom stereocenters. The van der Waals surface area contributed by atoms with Crippen LogP contribution < -0.4 is 43.1 Å². The number of unbranched alkanes of at least 4 members (excludes halogenated alkanes) is 6. The van der Waals surface area contributed by atoms with E-state index in [1.165, 1.54) is 62.5 Å². The Morgan fingerprint density at radius 2 is 0.950 bits per heavy atom. The van der Waals surface area contributed by atoms with E-state index < -0.39 is 0 Å². The van der Waals surface area contributed by atoms with Gasteiger partial charge in [-0.25, -0.2) is 18.3 Å². The van der Waals surface area contributed by atoms with Gasteiger partial charge in [0.15, 0.2) is 0 Å². The van der Waals surface area contributed by atoms with Crippen molar-refractivity contribution < 1.29 is 43.1 Å². The zero-order chi connectivity index (χ0) is 26.4. The molecule has 0 aliphatic heterocycles. The summed E-state index contributed by atoms with van der Waals surface area (Å²) in [5.41, 5.74) is 4.25. The van der Waals surface area contributed by atoms with E-state index in [4.69, 9.17) is 0 Å². The van der Waals surface area contributed by atoms with Gasteiger partial charge in [0.25, 0.3) is 0 Å². The summed E-state index contributed by atoms with van der Waals surface area (Å²) >= 11 is 0. The normalized spacial score (nSPS) is 10.9. The van der Waals surface area contributed by atoms with Crippen molar-refractivity contribution in [2.45, 2.75) is 91.4 Å². The number of benzene rings is 2. The Balaban J connectivity index is 0.00000280. The van der Waals surface area contributed by atoms with Crippen molar-refractivity contribution in [2.75, 3.05) is 0 Å². The minimum absolute atomic E-state index is 0. The van der Waals surface area contributed by atoms with Crippen molar-refractivity contribution in [1.29, 1.82) is 0 Å². The first-order valence-corrected chi connectivity index (χ1v) is 14.4. The lowest BCUT2D eigenvalue weighted by Crippen LogP contribution is -3.00. The summed E-state index contributed by atoms with van der Waals surface area (Å²) in [6, 6.07) is 16.7. The van der Waals surface area contributed by atoms with Gasteiger partial charge in [-0.1, -0.05) is 63.8 Å². The van der Waals surface area contributed by atoms with Crippen molar-refractivity contribution in [3.63, 3.8) is 0 Å². The molecule has 4 aromatic rings. The van der Waals surface area contributed by atoms with E-state index in [0.29, 0.717) is 0 Å². The number of aromatic nitrogens is 4. The number of nitrogens with zero attached hydrogens (tertiary/aromatic N) is 6. The summed E-state index contributed by atoms with van der Waals surface area (Å²) in [5, 5.41) is 8.88. The third-order valence-corrected chi connectivity index (χ3v) is 6.92. The fraction of sp³-hybridized carbons (Fsp3) is 0.438. The van der Waals surface area contributed by atoms with Gasteiger partial charge in [-0.05, 0) is 61.1 Å². The van der Waals surface area contributed by atoms with Crippen LogP contribution in [0.25, 0.3) is 0 Å². The van der Waals surface area contributed by atoms with Crippen LogP contribution in [0.3, 0.4) is 0 Å². The van der Waals surface area contributed by atoms with Gasteiger partial charge in [-0.3, -0.25) is 0 Å². The second-order valence-corrected chi connectivity index (χ2v) is 10.3. The molecule has 4 rings (SSSR count).